The number of carbonyl (C=O) groups is 1. The lowest BCUT2D eigenvalue weighted by molar-refractivity contribution is -0.138. The van der Waals surface area contributed by atoms with Crippen LogP contribution < -0.4 is 0 Å². The lowest BCUT2D eigenvalue weighted by atomic mass is 9.99. The Morgan fingerprint density at radius 1 is 1.67 bits per heavy atom. The number of nitrogens with zero attached hydrogens (tertiary/aromatic N) is 1. The fourth-order valence-electron chi connectivity index (χ4n) is 1.76. The molecule has 1 aliphatic rings. The Balaban J connectivity index is 2.56. The Labute approximate surface area is 95.6 Å². The van der Waals surface area contributed by atoms with Crippen molar-refractivity contribution in [3.05, 3.63) is 12.7 Å². The molecule has 1 heterocycles. The Bertz CT molecular complexity index is 258. The van der Waals surface area contributed by atoms with E-state index in [1.807, 2.05) is 6.08 Å². The Morgan fingerprint density at radius 3 is 2.67 bits per heavy atom. The van der Waals surface area contributed by atoms with E-state index in [0.29, 0.717) is 22.9 Å². The van der Waals surface area contributed by atoms with E-state index >= 15 is 0 Å². The van der Waals surface area contributed by atoms with Gasteiger partial charge in [0.25, 0.3) is 0 Å². The van der Waals surface area contributed by atoms with Crippen molar-refractivity contribution >= 4 is 15.6 Å². The fraction of sp³-hybridized carbons (Fsp3) is 0.750. The van der Waals surface area contributed by atoms with Crippen LogP contribution in [-0.4, -0.2) is 26.2 Å². The first-order chi connectivity index (χ1) is 6.88. The van der Waals surface area contributed by atoms with Crippen LogP contribution in [0.3, 0.4) is 0 Å². The zero-order valence-corrected chi connectivity index (χ0v) is 11.8. The van der Waals surface area contributed by atoms with Crippen molar-refractivity contribution in [3.8, 4) is 0 Å². The molecule has 15 heavy (non-hydrogen) atoms. The molecule has 2 nitrogen and oxygen atoms in total. The van der Waals surface area contributed by atoms with Gasteiger partial charge in [0, 0.05) is 12.5 Å². The summed E-state index contributed by atoms with van der Waals surface area (Å²) in [6, 6.07) is 0.472. The van der Waals surface area contributed by atoms with Crippen LogP contribution >= 0.6 is 0 Å². The molecule has 1 atom stereocenters. The second kappa shape index (κ2) is 4.52. The molecule has 0 N–H and O–H groups in total. The third-order valence-corrected chi connectivity index (χ3v) is 6.59. The number of hydrogen-bond donors (Lipinski definition) is 0. The highest BCUT2D eigenvalue weighted by Crippen LogP contribution is 2.36. The van der Waals surface area contributed by atoms with Gasteiger partial charge >= 0.3 is 0 Å². The summed E-state index contributed by atoms with van der Waals surface area (Å²) in [6.07, 6.45) is 3.64. The van der Waals surface area contributed by atoms with E-state index in [9.17, 15) is 4.79 Å². The predicted molar refractivity (Wildman–Crippen MR) is 67.5 cm³/mol. The van der Waals surface area contributed by atoms with Gasteiger partial charge in [0.15, 0.2) is 0 Å². The highest BCUT2D eigenvalue weighted by Gasteiger charge is 2.39. The van der Waals surface area contributed by atoms with Crippen LogP contribution in [0.4, 0.5) is 0 Å². The molecule has 1 saturated heterocycles. The average molecular weight is 225 g/mol. The van der Waals surface area contributed by atoms with Crippen LogP contribution in [0.1, 0.15) is 40.5 Å². The van der Waals surface area contributed by atoms with Crippen LogP contribution in [0, 0.1) is 5.92 Å². The van der Waals surface area contributed by atoms with Crippen LogP contribution in [0.25, 0.3) is 0 Å². The normalized spacial score (nSPS) is 22.6. The van der Waals surface area contributed by atoms with E-state index in [1.54, 1.807) is 0 Å². The van der Waals surface area contributed by atoms with Gasteiger partial charge in [0.05, 0.1) is 0 Å². The van der Waals surface area contributed by atoms with Crippen molar-refractivity contribution in [1.29, 1.82) is 0 Å². The molecule has 0 radical (unpaired) electrons. The Hall–Kier alpha value is -0.573. The SMILES string of the molecule is C=CCC1CC(=O)N1[SiH2]C(C)(C)C(C)C. The first kappa shape index (κ1) is 12.5. The van der Waals surface area contributed by atoms with Gasteiger partial charge in [0.2, 0.25) is 5.91 Å². The maximum atomic E-state index is 11.5. The smallest absolute Gasteiger partial charge is 0.216 e. The van der Waals surface area contributed by atoms with Crippen molar-refractivity contribution in [2.24, 2.45) is 5.92 Å². The number of carbonyl (C=O) groups excluding carboxylic acids is 1. The second-order valence-electron chi connectivity index (χ2n) is 5.55. The maximum absolute atomic E-state index is 11.5. The fourth-order valence-corrected chi connectivity index (χ4v) is 3.85. The molecule has 1 aliphatic heterocycles. The molecule has 0 aromatic carbocycles. The average Bonchev–Trinajstić information content (AvgIpc) is 2.14. The monoisotopic (exact) mass is 225 g/mol. The molecule has 1 rings (SSSR count). The van der Waals surface area contributed by atoms with E-state index in [-0.39, 0.29) is 0 Å². The third-order valence-electron chi connectivity index (χ3n) is 3.75. The van der Waals surface area contributed by atoms with Gasteiger partial charge in [0.1, 0.15) is 9.68 Å². The molecule has 0 bridgehead atoms. The minimum Gasteiger partial charge on any atom is -0.371 e. The molecule has 86 valence electrons. The highest BCUT2D eigenvalue weighted by atomic mass is 28.2. The topological polar surface area (TPSA) is 20.3 Å². The van der Waals surface area contributed by atoms with E-state index in [4.69, 9.17) is 0 Å². The number of hydrogen-bond acceptors (Lipinski definition) is 1. The van der Waals surface area contributed by atoms with Gasteiger partial charge in [-0.2, -0.15) is 0 Å². The van der Waals surface area contributed by atoms with E-state index in [2.05, 4.69) is 38.8 Å². The number of rotatable bonds is 5. The first-order valence-corrected chi connectivity index (χ1v) is 7.13. The first-order valence-electron chi connectivity index (χ1n) is 5.79. The Morgan fingerprint density at radius 2 is 2.27 bits per heavy atom. The lowest BCUT2D eigenvalue weighted by Gasteiger charge is -2.45. The Kier molecular flexibility index (Phi) is 3.76. The van der Waals surface area contributed by atoms with Gasteiger partial charge < -0.3 is 4.57 Å². The summed E-state index contributed by atoms with van der Waals surface area (Å²) >= 11 is 0. The lowest BCUT2D eigenvalue weighted by Crippen LogP contribution is -2.56. The van der Waals surface area contributed by atoms with Crippen molar-refractivity contribution in [2.45, 2.75) is 51.6 Å². The molecule has 0 aromatic rings. The summed E-state index contributed by atoms with van der Waals surface area (Å²) in [5.41, 5.74) is 0. The summed E-state index contributed by atoms with van der Waals surface area (Å²) in [6.45, 7) is 12.8. The summed E-state index contributed by atoms with van der Waals surface area (Å²) in [4.78, 5) is 11.5. The van der Waals surface area contributed by atoms with Gasteiger partial charge in [-0.25, -0.2) is 0 Å². The van der Waals surface area contributed by atoms with Crippen molar-refractivity contribution in [2.75, 3.05) is 0 Å². The minimum atomic E-state index is -0.476. The molecule has 1 amide bonds. The second-order valence-corrected chi connectivity index (χ2v) is 8.37. The maximum Gasteiger partial charge on any atom is 0.216 e. The molecular formula is C12H23NOSi. The van der Waals surface area contributed by atoms with Crippen LogP contribution in [0.15, 0.2) is 12.7 Å². The van der Waals surface area contributed by atoms with Crippen molar-refractivity contribution in [1.82, 2.24) is 4.57 Å². The van der Waals surface area contributed by atoms with E-state index in [0.717, 1.165) is 12.8 Å². The molecular weight excluding hydrogens is 202 g/mol. The van der Waals surface area contributed by atoms with Gasteiger partial charge in [-0.05, 0) is 17.4 Å². The largest absolute Gasteiger partial charge is 0.371 e. The zero-order valence-electron chi connectivity index (χ0n) is 10.4. The number of β-lactam (4-membered cyclic amide) rings is 1. The van der Waals surface area contributed by atoms with E-state index in [1.165, 1.54) is 0 Å². The standard InChI is InChI=1S/C12H23NOSi/c1-6-7-10-8-11(14)13(10)15-12(4,5)9(2)3/h6,9-10H,1,7-8,15H2,2-5H3. The highest BCUT2D eigenvalue weighted by molar-refractivity contribution is 6.42. The van der Waals surface area contributed by atoms with E-state index < -0.39 is 9.68 Å². The molecule has 3 heteroatoms. The molecule has 0 saturated carbocycles. The third kappa shape index (κ3) is 2.71. The molecule has 0 aromatic heterocycles. The molecule has 1 fully saturated rings. The molecule has 1 unspecified atom stereocenters. The van der Waals surface area contributed by atoms with Crippen LogP contribution in [0.2, 0.25) is 5.04 Å². The summed E-state index contributed by atoms with van der Waals surface area (Å²) < 4.78 is 2.15. The predicted octanol–water partition coefficient (Wildman–Crippen LogP) is 2.10. The molecule has 0 spiro atoms. The van der Waals surface area contributed by atoms with Crippen molar-refractivity contribution < 1.29 is 4.79 Å². The van der Waals surface area contributed by atoms with Gasteiger partial charge in [-0.15, -0.1) is 6.58 Å². The molecule has 0 aliphatic carbocycles. The summed E-state index contributed by atoms with van der Waals surface area (Å²) in [7, 11) is -0.476. The quantitative estimate of drug-likeness (QED) is 0.399. The summed E-state index contributed by atoms with van der Waals surface area (Å²) in [5, 5.41) is 0.343. The van der Waals surface area contributed by atoms with Crippen molar-refractivity contribution in [3.63, 3.8) is 0 Å². The summed E-state index contributed by atoms with van der Waals surface area (Å²) in [5.74, 6) is 1.02. The number of amides is 1. The zero-order chi connectivity index (χ0) is 11.6. The van der Waals surface area contributed by atoms with Crippen LogP contribution in [0.5, 0.6) is 0 Å². The van der Waals surface area contributed by atoms with Gasteiger partial charge in [-0.3, -0.25) is 4.79 Å². The van der Waals surface area contributed by atoms with Gasteiger partial charge in [-0.1, -0.05) is 33.8 Å². The minimum absolute atomic E-state index is 0.343. The van der Waals surface area contributed by atoms with Crippen LogP contribution in [-0.2, 0) is 4.79 Å².